The summed E-state index contributed by atoms with van der Waals surface area (Å²) in [6.45, 7) is 7.02. The summed E-state index contributed by atoms with van der Waals surface area (Å²) in [5.41, 5.74) is 2.54. The van der Waals surface area contributed by atoms with Crippen molar-refractivity contribution in [1.29, 1.82) is 0 Å². The Labute approximate surface area is 168 Å². The standard InChI is InChI=1S/C21H24ClN3OS/c1-21(2,3)12-5-7-14-17(9-12)27-20-18(14)19(23-11-24-20)25-15-10-13(22)6-8-16(15)26-4/h6,8,10-12H,5,7,9H2,1-4H3,(H,23,24,25). The maximum atomic E-state index is 6.18. The molecule has 142 valence electrons. The second-order valence-electron chi connectivity index (χ2n) is 8.18. The third-order valence-corrected chi connectivity index (χ3v) is 6.88. The van der Waals surface area contributed by atoms with E-state index in [1.165, 1.54) is 16.9 Å². The van der Waals surface area contributed by atoms with Crippen molar-refractivity contribution in [3.63, 3.8) is 0 Å². The van der Waals surface area contributed by atoms with E-state index in [2.05, 4.69) is 36.1 Å². The largest absolute Gasteiger partial charge is 0.495 e. The number of ether oxygens (including phenoxy) is 1. The fourth-order valence-electron chi connectivity index (χ4n) is 3.85. The number of halogens is 1. The van der Waals surface area contributed by atoms with Crippen molar-refractivity contribution < 1.29 is 4.74 Å². The lowest BCUT2D eigenvalue weighted by Gasteiger charge is -2.33. The monoisotopic (exact) mass is 401 g/mol. The van der Waals surface area contributed by atoms with E-state index in [4.69, 9.17) is 16.3 Å². The van der Waals surface area contributed by atoms with E-state index in [0.29, 0.717) is 16.4 Å². The summed E-state index contributed by atoms with van der Waals surface area (Å²) in [6.07, 6.45) is 5.04. The number of thiophene rings is 1. The molecule has 4 nitrogen and oxygen atoms in total. The highest BCUT2D eigenvalue weighted by Gasteiger charge is 2.31. The predicted molar refractivity (Wildman–Crippen MR) is 114 cm³/mol. The minimum Gasteiger partial charge on any atom is -0.495 e. The second kappa shape index (κ2) is 6.95. The molecule has 1 aliphatic carbocycles. The smallest absolute Gasteiger partial charge is 0.142 e. The first-order chi connectivity index (χ1) is 12.9. The molecule has 2 aromatic heterocycles. The number of nitrogens with zero attached hydrogens (tertiary/aromatic N) is 2. The molecule has 0 bridgehead atoms. The lowest BCUT2D eigenvalue weighted by molar-refractivity contribution is 0.218. The summed E-state index contributed by atoms with van der Waals surface area (Å²) in [7, 11) is 1.66. The molecule has 0 amide bonds. The van der Waals surface area contributed by atoms with Gasteiger partial charge in [0.15, 0.2) is 0 Å². The third kappa shape index (κ3) is 3.50. The second-order valence-corrected chi connectivity index (χ2v) is 9.70. The normalized spacial score (nSPS) is 17.0. The van der Waals surface area contributed by atoms with Crippen LogP contribution in [0, 0.1) is 11.3 Å². The van der Waals surface area contributed by atoms with Crippen LogP contribution in [0.25, 0.3) is 10.2 Å². The number of rotatable bonds is 3. The number of hydrogen-bond donors (Lipinski definition) is 1. The van der Waals surface area contributed by atoms with Gasteiger partial charge in [-0.25, -0.2) is 9.97 Å². The van der Waals surface area contributed by atoms with Gasteiger partial charge in [0, 0.05) is 9.90 Å². The first-order valence-corrected chi connectivity index (χ1v) is 10.4. The molecule has 0 radical (unpaired) electrons. The van der Waals surface area contributed by atoms with Crippen LogP contribution in [-0.2, 0) is 12.8 Å². The zero-order valence-electron chi connectivity index (χ0n) is 16.1. The maximum Gasteiger partial charge on any atom is 0.142 e. The number of fused-ring (bicyclic) bond motifs is 3. The number of nitrogens with one attached hydrogen (secondary N) is 1. The van der Waals surface area contributed by atoms with Crippen molar-refractivity contribution in [1.82, 2.24) is 9.97 Å². The van der Waals surface area contributed by atoms with Gasteiger partial charge in [-0.2, -0.15) is 0 Å². The molecule has 0 saturated heterocycles. The predicted octanol–water partition coefficient (Wildman–Crippen LogP) is 6.25. The molecule has 1 N–H and O–H groups in total. The van der Waals surface area contributed by atoms with Gasteiger partial charge in [-0.05, 0) is 54.4 Å². The van der Waals surface area contributed by atoms with Crippen LogP contribution in [0.3, 0.4) is 0 Å². The SMILES string of the molecule is COc1ccc(Cl)cc1Nc1ncnc2sc3c(c12)CCC(C(C)(C)C)C3. The van der Waals surface area contributed by atoms with E-state index >= 15 is 0 Å². The third-order valence-electron chi connectivity index (χ3n) is 5.48. The molecule has 4 rings (SSSR count). The minimum absolute atomic E-state index is 0.328. The van der Waals surface area contributed by atoms with Crippen molar-refractivity contribution >= 4 is 44.7 Å². The lowest BCUT2D eigenvalue weighted by atomic mass is 9.72. The van der Waals surface area contributed by atoms with Gasteiger partial charge >= 0.3 is 0 Å². The fourth-order valence-corrected chi connectivity index (χ4v) is 5.29. The van der Waals surface area contributed by atoms with Gasteiger partial charge in [0.25, 0.3) is 0 Å². The van der Waals surface area contributed by atoms with E-state index in [-0.39, 0.29) is 0 Å². The summed E-state index contributed by atoms with van der Waals surface area (Å²) in [4.78, 5) is 11.6. The van der Waals surface area contributed by atoms with Gasteiger partial charge in [-0.15, -0.1) is 11.3 Å². The highest BCUT2D eigenvalue weighted by Crippen LogP contribution is 2.45. The number of benzene rings is 1. The molecule has 1 aromatic carbocycles. The van der Waals surface area contributed by atoms with Gasteiger partial charge in [0.05, 0.1) is 18.2 Å². The number of aryl methyl sites for hydroxylation is 1. The lowest BCUT2D eigenvalue weighted by Crippen LogP contribution is -2.26. The highest BCUT2D eigenvalue weighted by molar-refractivity contribution is 7.19. The minimum atomic E-state index is 0.328. The number of methoxy groups -OCH3 is 1. The van der Waals surface area contributed by atoms with Gasteiger partial charge in [-0.1, -0.05) is 32.4 Å². The Bertz CT molecular complexity index is 993. The van der Waals surface area contributed by atoms with Gasteiger partial charge < -0.3 is 10.1 Å². The summed E-state index contributed by atoms with van der Waals surface area (Å²) < 4.78 is 5.47. The van der Waals surface area contributed by atoms with Crippen LogP contribution in [0.5, 0.6) is 5.75 Å². The molecule has 1 atom stereocenters. The molecule has 1 aliphatic rings. The summed E-state index contributed by atoms with van der Waals surface area (Å²) in [5.74, 6) is 2.27. The molecule has 0 aliphatic heterocycles. The summed E-state index contributed by atoms with van der Waals surface area (Å²) in [5, 5.41) is 5.23. The van der Waals surface area contributed by atoms with Crippen LogP contribution in [-0.4, -0.2) is 17.1 Å². The van der Waals surface area contributed by atoms with Crippen molar-refractivity contribution in [2.45, 2.75) is 40.0 Å². The van der Waals surface area contributed by atoms with Crippen LogP contribution in [0.4, 0.5) is 11.5 Å². The Kier molecular flexibility index (Phi) is 4.77. The fraction of sp³-hybridized carbons (Fsp3) is 0.429. The highest BCUT2D eigenvalue weighted by atomic mass is 35.5. The quantitative estimate of drug-likeness (QED) is 0.563. The number of aromatic nitrogens is 2. The van der Waals surface area contributed by atoms with Gasteiger partial charge in [0.2, 0.25) is 0 Å². The molecule has 0 saturated carbocycles. The molecular formula is C21H24ClN3OS. The Hall–Kier alpha value is -1.85. The Balaban J connectivity index is 1.76. The van der Waals surface area contributed by atoms with Gasteiger partial charge in [-0.3, -0.25) is 0 Å². The molecule has 1 unspecified atom stereocenters. The molecular weight excluding hydrogens is 378 g/mol. The van der Waals surface area contributed by atoms with E-state index in [1.807, 2.05) is 29.5 Å². The molecule has 0 fully saturated rings. The van der Waals surface area contributed by atoms with E-state index in [9.17, 15) is 0 Å². The van der Waals surface area contributed by atoms with Crippen LogP contribution in [0.2, 0.25) is 5.02 Å². The van der Waals surface area contributed by atoms with Crippen LogP contribution in [0.1, 0.15) is 37.6 Å². The molecule has 0 spiro atoms. The zero-order chi connectivity index (χ0) is 19.2. The first kappa shape index (κ1) is 18.5. The summed E-state index contributed by atoms with van der Waals surface area (Å²) in [6, 6.07) is 5.54. The average Bonchev–Trinajstić information content (AvgIpc) is 3.00. The van der Waals surface area contributed by atoms with Crippen molar-refractivity contribution in [2.24, 2.45) is 11.3 Å². The van der Waals surface area contributed by atoms with Gasteiger partial charge in [0.1, 0.15) is 22.7 Å². The topological polar surface area (TPSA) is 47.0 Å². The first-order valence-electron chi connectivity index (χ1n) is 9.22. The van der Waals surface area contributed by atoms with Crippen molar-refractivity contribution in [2.75, 3.05) is 12.4 Å². The van der Waals surface area contributed by atoms with Crippen molar-refractivity contribution in [3.05, 3.63) is 40.0 Å². The van der Waals surface area contributed by atoms with E-state index in [1.54, 1.807) is 13.4 Å². The summed E-state index contributed by atoms with van der Waals surface area (Å²) >= 11 is 7.99. The zero-order valence-corrected chi connectivity index (χ0v) is 17.7. The van der Waals surface area contributed by atoms with Crippen LogP contribution in [0.15, 0.2) is 24.5 Å². The Morgan fingerprint density at radius 3 is 2.81 bits per heavy atom. The molecule has 2 heterocycles. The maximum absolute atomic E-state index is 6.18. The molecule has 6 heteroatoms. The number of anilines is 2. The van der Waals surface area contributed by atoms with E-state index < -0.39 is 0 Å². The van der Waals surface area contributed by atoms with Crippen LogP contribution >= 0.6 is 22.9 Å². The molecule has 3 aromatic rings. The number of hydrogen-bond acceptors (Lipinski definition) is 5. The van der Waals surface area contributed by atoms with Crippen LogP contribution < -0.4 is 10.1 Å². The Morgan fingerprint density at radius 2 is 2.07 bits per heavy atom. The van der Waals surface area contributed by atoms with E-state index in [0.717, 1.165) is 40.3 Å². The average molecular weight is 402 g/mol. The molecule has 27 heavy (non-hydrogen) atoms. The Morgan fingerprint density at radius 1 is 1.26 bits per heavy atom. The van der Waals surface area contributed by atoms with Crippen molar-refractivity contribution in [3.8, 4) is 5.75 Å².